The molecule has 0 aliphatic carbocycles. The van der Waals surface area contributed by atoms with E-state index in [1.165, 1.54) is 6.20 Å². The molecule has 3 nitrogen and oxygen atoms in total. The molecule has 0 aliphatic rings. The zero-order valence-electron chi connectivity index (χ0n) is 7.48. The van der Waals surface area contributed by atoms with E-state index in [0.29, 0.717) is 10.7 Å². The van der Waals surface area contributed by atoms with E-state index in [1.54, 1.807) is 30.3 Å². The molecule has 0 amide bonds. The normalized spacial score (nSPS) is 9.93. The Morgan fingerprint density at radius 2 is 2.13 bits per heavy atom. The largest absolute Gasteiger partial charge is 0.234 e. The summed E-state index contributed by atoms with van der Waals surface area (Å²) < 4.78 is 14.5. The minimum absolute atomic E-state index is 0.102. The van der Waals surface area contributed by atoms with Crippen molar-refractivity contribution in [2.24, 2.45) is 0 Å². The van der Waals surface area contributed by atoms with Crippen LogP contribution in [0, 0.1) is 17.3 Å². The van der Waals surface area contributed by atoms with Gasteiger partial charge in [0.1, 0.15) is 11.6 Å². The Kier molecular flexibility index (Phi) is 2.40. The van der Waals surface area contributed by atoms with Crippen molar-refractivity contribution in [3.63, 3.8) is 0 Å². The zero-order chi connectivity index (χ0) is 10.8. The molecule has 0 radical (unpaired) electrons. The van der Waals surface area contributed by atoms with Gasteiger partial charge in [-0.25, -0.2) is 4.68 Å². The molecule has 0 saturated heterocycles. The standard InChI is InChI=1S/C10H5ClFN3/c11-8-3-1-2-4-9(8)15-10(12)7(5-13)6-14-15/h1-4,6H. The molecule has 2 aromatic rings. The van der Waals surface area contributed by atoms with Crippen molar-refractivity contribution in [1.29, 1.82) is 5.26 Å². The Morgan fingerprint density at radius 3 is 2.73 bits per heavy atom. The van der Waals surface area contributed by atoms with Gasteiger partial charge in [-0.3, -0.25) is 0 Å². The predicted molar refractivity (Wildman–Crippen MR) is 53.2 cm³/mol. The summed E-state index contributed by atoms with van der Waals surface area (Å²) in [5.74, 6) is -0.703. The number of benzene rings is 1. The third kappa shape index (κ3) is 1.58. The average molecular weight is 222 g/mol. The van der Waals surface area contributed by atoms with Crippen LogP contribution >= 0.6 is 11.6 Å². The Balaban J connectivity index is 2.61. The molecule has 15 heavy (non-hydrogen) atoms. The third-order valence-corrected chi connectivity index (χ3v) is 2.23. The van der Waals surface area contributed by atoms with E-state index in [9.17, 15) is 4.39 Å². The molecular formula is C10H5ClFN3. The smallest absolute Gasteiger partial charge is 0.204 e. The summed E-state index contributed by atoms with van der Waals surface area (Å²) in [5, 5.41) is 12.7. The average Bonchev–Trinajstić information content (AvgIpc) is 2.60. The molecule has 0 atom stereocenters. The maximum Gasteiger partial charge on any atom is 0.234 e. The molecule has 0 spiro atoms. The molecule has 0 unspecified atom stereocenters. The minimum atomic E-state index is -0.703. The fraction of sp³-hybridized carbons (Fsp3) is 0. The maximum absolute atomic E-state index is 13.5. The SMILES string of the molecule is N#Cc1cnn(-c2ccccc2Cl)c1F. The molecule has 1 aromatic carbocycles. The molecule has 2 rings (SSSR count). The van der Waals surface area contributed by atoms with Gasteiger partial charge in [0.2, 0.25) is 5.95 Å². The lowest BCUT2D eigenvalue weighted by atomic mass is 10.3. The number of para-hydroxylation sites is 1. The first kappa shape index (κ1) is 9.69. The van der Waals surface area contributed by atoms with Gasteiger partial charge in [0.05, 0.1) is 16.9 Å². The van der Waals surface area contributed by atoms with Crippen molar-refractivity contribution < 1.29 is 4.39 Å². The Labute approximate surface area is 90.3 Å². The van der Waals surface area contributed by atoms with Crippen LogP contribution in [0.1, 0.15) is 5.56 Å². The number of aromatic nitrogens is 2. The first-order chi connectivity index (χ1) is 7.24. The molecular weight excluding hydrogens is 217 g/mol. The zero-order valence-corrected chi connectivity index (χ0v) is 8.24. The minimum Gasteiger partial charge on any atom is -0.204 e. The number of nitriles is 1. The molecule has 0 N–H and O–H groups in total. The van der Waals surface area contributed by atoms with Crippen molar-refractivity contribution in [3.8, 4) is 11.8 Å². The van der Waals surface area contributed by atoms with Crippen LogP contribution in [0.2, 0.25) is 5.02 Å². The second-order valence-corrected chi connectivity index (χ2v) is 3.23. The quantitative estimate of drug-likeness (QED) is 0.743. The molecule has 0 saturated carbocycles. The molecule has 74 valence electrons. The van der Waals surface area contributed by atoms with E-state index in [0.717, 1.165) is 4.68 Å². The fourth-order valence-corrected chi connectivity index (χ4v) is 1.42. The van der Waals surface area contributed by atoms with Gasteiger partial charge in [0.15, 0.2) is 0 Å². The molecule has 0 bridgehead atoms. The first-order valence-corrected chi connectivity index (χ1v) is 4.50. The fourth-order valence-electron chi connectivity index (χ4n) is 1.20. The van der Waals surface area contributed by atoms with Crippen LogP contribution in [0.15, 0.2) is 30.5 Å². The van der Waals surface area contributed by atoms with Crippen LogP contribution in [0.4, 0.5) is 4.39 Å². The topological polar surface area (TPSA) is 41.6 Å². The van der Waals surface area contributed by atoms with Crippen LogP contribution in [0.5, 0.6) is 0 Å². The Hall–Kier alpha value is -1.86. The number of hydrogen-bond acceptors (Lipinski definition) is 2. The molecule has 0 aliphatic heterocycles. The molecule has 1 aromatic heterocycles. The summed E-state index contributed by atoms with van der Waals surface area (Å²) in [7, 11) is 0. The maximum atomic E-state index is 13.5. The summed E-state index contributed by atoms with van der Waals surface area (Å²) in [6.07, 6.45) is 1.17. The van der Waals surface area contributed by atoms with E-state index in [2.05, 4.69) is 5.10 Å². The van der Waals surface area contributed by atoms with Crippen molar-refractivity contribution in [2.75, 3.05) is 0 Å². The van der Waals surface area contributed by atoms with Crippen molar-refractivity contribution in [1.82, 2.24) is 9.78 Å². The predicted octanol–water partition coefficient (Wildman–Crippen LogP) is 2.54. The van der Waals surface area contributed by atoms with Gasteiger partial charge in [0, 0.05) is 0 Å². The van der Waals surface area contributed by atoms with Crippen LogP contribution in [-0.2, 0) is 0 Å². The van der Waals surface area contributed by atoms with Gasteiger partial charge >= 0.3 is 0 Å². The third-order valence-electron chi connectivity index (χ3n) is 1.91. The van der Waals surface area contributed by atoms with E-state index in [4.69, 9.17) is 16.9 Å². The van der Waals surface area contributed by atoms with Gasteiger partial charge in [0.25, 0.3) is 0 Å². The van der Waals surface area contributed by atoms with Gasteiger partial charge < -0.3 is 0 Å². The van der Waals surface area contributed by atoms with Gasteiger partial charge in [-0.2, -0.15) is 14.8 Å². The van der Waals surface area contributed by atoms with Crippen molar-refractivity contribution >= 4 is 11.6 Å². The van der Waals surface area contributed by atoms with Gasteiger partial charge in [-0.05, 0) is 12.1 Å². The summed E-state index contributed by atoms with van der Waals surface area (Å²) in [5.41, 5.74) is 0.313. The highest BCUT2D eigenvalue weighted by Crippen LogP contribution is 2.21. The highest BCUT2D eigenvalue weighted by molar-refractivity contribution is 6.32. The second kappa shape index (κ2) is 3.71. The van der Waals surface area contributed by atoms with Crippen LogP contribution in [-0.4, -0.2) is 9.78 Å². The Bertz CT molecular complexity index is 542. The number of halogens is 2. The summed E-state index contributed by atoms with van der Waals surface area (Å²) in [6, 6.07) is 8.41. The van der Waals surface area contributed by atoms with Crippen LogP contribution < -0.4 is 0 Å². The molecule has 5 heteroatoms. The summed E-state index contributed by atoms with van der Waals surface area (Å²) >= 11 is 5.87. The highest BCUT2D eigenvalue weighted by Gasteiger charge is 2.12. The van der Waals surface area contributed by atoms with Crippen molar-refractivity contribution in [2.45, 2.75) is 0 Å². The van der Waals surface area contributed by atoms with E-state index >= 15 is 0 Å². The lowest BCUT2D eigenvalue weighted by molar-refractivity contribution is 0.534. The number of hydrogen-bond donors (Lipinski definition) is 0. The van der Waals surface area contributed by atoms with Gasteiger partial charge in [-0.15, -0.1) is 0 Å². The monoisotopic (exact) mass is 221 g/mol. The van der Waals surface area contributed by atoms with Crippen molar-refractivity contribution in [3.05, 3.63) is 47.0 Å². The lowest BCUT2D eigenvalue weighted by Crippen LogP contribution is -2.00. The van der Waals surface area contributed by atoms with E-state index in [1.807, 2.05) is 0 Å². The van der Waals surface area contributed by atoms with Crippen LogP contribution in [0.25, 0.3) is 5.69 Å². The summed E-state index contributed by atoms with van der Waals surface area (Å²) in [6.45, 7) is 0. The van der Waals surface area contributed by atoms with E-state index < -0.39 is 5.95 Å². The Morgan fingerprint density at radius 1 is 1.40 bits per heavy atom. The first-order valence-electron chi connectivity index (χ1n) is 4.12. The van der Waals surface area contributed by atoms with Gasteiger partial charge in [-0.1, -0.05) is 23.7 Å². The van der Waals surface area contributed by atoms with Crippen LogP contribution in [0.3, 0.4) is 0 Å². The van der Waals surface area contributed by atoms with E-state index in [-0.39, 0.29) is 5.56 Å². The second-order valence-electron chi connectivity index (χ2n) is 2.82. The molecule has 0 fully saturated rings. The molecule has 1 heterocycles. The lowest BCUT2D eigenvalue weighted by Gasteiger charge is -2.03. The number of rotatable bonds is 1. The summed E-state index contributed by atoms with van der Waals surface area (Å²) in [4.78, 5) is 0. The number of nitrogens with zero attached hydrogens (tertiary/aromatic N) is 3. The highest BCUT2D eigenvalue weighted by atomic mass is 35.5.